The lowest BCUT2D eigenvalue weighted by Crippen LogP contribution is -2.34. The second-order valence-corrected chi connectivity index (χ2v) is 4.71. The Kier molecular flexibility index (Phi) is 3.57. The molecule has 0 saturated carbocycles. The lowest BCUT2D eigenvalue weighted by Gasteiger charge is -2.33. The molecule has 3 nitrogen and oxygen atoms in total. The fourth-order valence-corrected chi connectivity index (χ4v) is 2.45. The smallest absolute Gasteiger partial charge is 0.165 e. The van der Waals surface area contributed by atoms with Crippen LogP contribution in [0.4, 0.5) is 0 Å². The topological polar surface area (TPSA) is 30.5 Å². The van der Waals surface area contributed by atoms with Crippen LogP contribution >= 0.6 is 0 Å². The fourth-order valence-electron chi connectivity index (χ4n) is 2.45. The number of aryl methyl sites for hydroxylation is 1. The lowest BCUT2D eigenvalue weighted by atomic mass is 9.90. The predicted octanol–water partition coefficient (Wildman–Crippen LogP) is 2.68. The zero-order chi connectivity index (χ0) is 12.4. The van der Waals surface area contributed by atoms with E-state index >= 15 is 0 Å². The maximum Gasteiger partial charge on any atom is 0.165 e. The van der Waals surface area contributed by atoms with Gasteiger partial charge in [0.25, 0.3) is 0 Å². The minimum atomic E-state index is 0.359. The number of methoxy groups -OCH3 is 1. The molecule has 2 atom stereocenters. The van der Waals surface area contributed by atoms with E-state index in [1.165, 1.54) is 11.1 Å². The maximum atomic E-state index is 5.82. The van der Waals surface area contributed by atoms with Gasteiger partial charge in [-0.1, -0.05) is 19.9 Å². The normalized spacial score (nSPS) is 22.8. The van der Waals surface area contributed by atoms with Crippen molar-refractivity contribution in [2.45, 2.75) is 26.8 Å². The van der Waals surface area contributed by atoms with E-state index in [1.807, 2.05) is 6.07 Å². The van der Waals surface area contributed by atoms with Gasteiger partial charge in [0, 0.05) is 17.5 Å². The van der Waals surface area contributed by atoms with Crippen LogP contribution in [0.15, 0.2) is 12.1 Å². The molecule has 0 fully saturated rings. The Morgan fingerprint density at radius 2 is 2.24 bits per heavy atom. The van der Waals surface area contributed by atoms with Crippen LogP contribution in [-0.2, 0) is 0 Å². The Morgan fingerprint density at radius 1 is 1.47 bits per heavy atom. The minimum Gasteiger partial charge on any atom is -0.493 e. The summed E-state index contributed by atoms with van der Waals surface area (Å²) in [5.41, 5.74) is 2.43. The number of ether oxygens (including phenoxy) is 2. The zero-order valence-corrected chi connectivity index (χ0v) is 11.0. The molecule has 1 N–H and O–H groups in total. The highest BCUT2D eigenvalue weighted by Gasteiger charge is 2.29. The first kappa shape index (κ1) is 12.2. The van der Waals surface area contributed by atoms with Gasteiger partial charge in [-0.15, -0.1) is 0 Å². The summed E-state index contributed by atoms with van der Waals surface area (Å²) in [6, 6.07) is 4.58. The van der Waals surface area contributed by atoms with Crippen LogP contribution in [-0.4, -0.2) is 20.3 Å². The van der Waals surface area contributed by atoms with Crippen LogP contribution in [0.2, 0.25) is 0 Å². The molecule has 0 bridgehead atoms. The number of nitrogens with one attached hydrogen (secondary N) is 1. The van der Waals surface area contributed by atoms with E-state index < -0.39 is 0 Å². The highest BCUT2D eigenvalue weighted by Crippen LogP contribution is 2.42. The Hall–Kier alpha value is -1.22. The quantitative estimate of drug-likeness (QED) is 0.873. The van der Waals surface area contributed by atoms with Crippen molar-refractivity contribution < 1.29 is 9.47 Å². The molecule has 0 aliphatic carbocycles. The third-order valence-corrected chi connectivity index (χ3v) is 3.27. The molecule has 17 heavy (non-hydrogen) atoms. The lowest BCUT2D eigenvalue weighted by molar-refractivity contribution is 0.182. The molecule has 2 unspecified atom stereocenters. The average Bonchev–Trinajstić information content (AvgIpc) is 2.32. The Morgan fingerprint density at radius 3 is 2.88 bits per heavy atom. The molecule has 1 aromatic carbocycles. The zero-order valence-electron chi connectivity index (χ0n) is 11.0. The highest BCUT2D eigenvalue weighted by molar-refractivity contribution is 5.51. The fraction of sp³-hybridized carbons (Fsp3) is 0.571. The van der Waals surface area contributed by atoms with Crippen LogP contribution in [0.25, 0.3) is 0 Å². The third-order valence-electron chi connectivity index (χ3n) is 3.27. The van der Waals surface area contributed by atoms with E-state index in [9.17, 15) is 0 Å². The van der Waals surface area contributed by atoms with E-state index in [0.29, 0.717) is 12.0 Å². The molecule has 1 heterocycles. The maximum absolute atomic E-state index is 5.82. The van der Waals surface area contributed by atoms with Crippen molar-refractivity contribution in [2.75, 3.05) is 20.3 Å². The van der Waals surface area contributed by atoms with Gasteiger partial charge in [0.2, 0.25) is 0 Å². The van der Waals surface area contributed by atoms with E-state index in [0.717, 1.165) is 24.7 Å². The summed E-state index contributed by atoms with van der Waals surface area (Å²) in [6.45, 7) is 8.14. The van der Waals surface area contributed by atoms with Gasteiger partial charge in [0.05, 0.1) is 13.7 Å². The van der Waals surface area contributed by atoms with E-state index in [1.54, 1.807) is 7.11 Å². The highest BCUT2D eigenvalue weighted by atomic mass is 16.5. The summed E-state index contributed by atoms with van der Waals surface area (Å²) in [5.74, 6) is 2.23. The van der Waals surface area contributed by atoms with E-state index in [4.69, 9.17) is 9.47 Å². The molecule has 0 saturated heterocycles. The summed E-state index contributed by atoms with van der Waals surface area (Å²) in [6.07, 6.45) is 0. The van der Waals surface area contributed by atoms with Crippen LogP contribution in [0.5, 0.6) is 11.5 Å². The molecule has 1 aliphatic heterocycles. The summed E-state index contributed by atoms with van der Waals surface area (Å²) < 4.78 is 11.2. The molecule has 1 aromatic rings. The molecule has 0 radical (unpaired) electrons. The van der Waals surface area contributed by atoms with Crippen LogP contribution in [0.3, 0.4) is 0 Å². The molecule has 1 aliphatic rings. The van der Waals surface area contributed by atoms with E-state index in [-0.39, 0.29) is 0 Å². The number of hydrogen-bond donors (Lipinski definition) is 1. The third kappa shape index (κ3) is 2.25. The molecular formula is C14H21NO2. The van der Waals surface area contributed by atoms with Crippen molar-refractivity contribution in [3.05, 3.63) is 23.3 Å². The molecule has 0 amide bonds. The number of fused-ring (bicyclic) bond motifs is 1. The second-order valence-electron chi connectivity index (χ2n) is 4.71. The van der Waals surface area contributed by atoms with Crippen molar-refractivity contribution in [1.29, 1.82) is 0 Å². The molecule has 0 aromatic heterocycles. The SMILES string of the molecule is CCNC1c2cc(C)cc(OC)c2OCC1C. The van der Waals surface area contributed by atoms with Crippen molar-refractivity contribution in [2.24, 2.45) is 5.92 Å². The Balaban J connectivity index is 2.47. The van der Waals surface area contributed by atoms with Gasteiger partial charge in [0.1, 0.15) is 0 Å². The molecule has 94 valence electrons. The molecular weight excluding hydrogens is 214 g/mol. The average molecular weight is 235 g/mol. The summed E-state index contributed by atoms with van der Waals surface area (Å²) in [4.78, 5) is 0. The Labute approximate surface area is 103 Å². The first-order valence-corrected chi connectivity index (χ1v) is 6.22. The first-order valence-electron chi connectivity index (χ1n) is 6.22. The van der Waals surface area contributed by atoms with Crippen molar-refractivity contribution >= 4 is 0 Å². The predicted molar refractivity (Wildman–Crippen MR) is 68.8 cm³/mol. The van der Waals surface area contributed by atoms with Gasteiger partial charge >= 0.3 is 0 Å². The van der Waals surface area contributed by atoms with Gasteiger partial charge in [-0.05, 0) is 25.1 Å². The van der Waals surface area contributed by atoms with Gasteiger partial charge in [-0.25, -0.2) is 0 Å². The number of rotatable bonds is 3. The minimum absolute atomic E-state index is 0.359. The number of hydrogen-bond acceptors (Lipinski definition) is 3. The standard InChI is InChI=1S/C14H21NO2/c1-5-15-13-10(3)8-17-14-11(13)6-9(2)7-12(14)16-4/h6-7,10,13,15H,5,8H2,1-4H3. The summed E-state index contributed by atoms with van der Waals surface area (Å²) in [7, 11) is 1.69. The van der Waals surface area contributed by atoms with Crippen molar-refractivity contribution in [1.82, 2.24) is 5.32 Å². The Bertz CT molecular complexity index is 403. The second kappa shape index (κ2) is 4.96. The monoisotopic (exact) mass is 235 g/mol. The van der Waals surface area contributed by atoms with Crippen molar-refractivity contribution in [3.8, 4) is 11.5 Å². The van der Waals surface area contributed by atoms with E-state index in [2.05, 4.69) is 32.2 Å². The first-order chi connectivity index (χ1) is 8.17. The van der Waals surface area contributed by atoms with Crippen LogP contribution in [0.1, 0.15) is 31.0 Å². The van der Waals surface area contributed by atoms with Gasteiger partial charge in [0.15, 0.2) is 11.5 Å². The van der Waals surface area contributed by atoms with Gasteiger partial charge in [-0.3, -0.25) is 0 Å². The van der Waals surface area contributed by atoms with Gasteiger partial charge < -0.3 is 14.8 Å². The van der Waals surface area contributed by atoms with Gasteiger partial charge in [-0.2, -0.15) is 0 Å². The van der Waals surface area contributed by atoms with Crippen LogP contribution in [0, 0.1) is 12.8 Å². The number of benzene rings is 1. The molecule has 2 rings (SSSR count). The van der Waals surface area contributed by atoms with Crippen LogP contribution < -0.4 is 14.8 Å². The molecule has 3 heteroatoms. The summed E-state index contributed by atoms with van der Waals surface area (Å²) in [5, 5.41) is 3.53. The summed E-state index contributed by atoms with van der Waals surface area (Å²) >= 11 is 0. The largest absolute Gasteiger partial charge is 0.493 e. The molecule has 0 spiro atoms. The van der Waals surface area contributed by atoms with Crippen molar-refractivity contribution in [3.63, 3.8) is 0 Å².